The van der Waals surface area contributed by atoms with E-state index in [0.717, 1.165) is 23.6 Å². The molecule has 0 atom stereocenters. The van der Waals surface area contributed by atoms with Gasteiger partial charge < -0.3 is 19.4 Å². The third-order valence-electron chi connectivity index (χ3n) is 4.28. The summed E-state index contributed by atoms with van der Waals surface area (Å²) < 4.78 is 12.8. The monoisotopic (exact) mass is 379 g/mol. The average molecular weight is 379 g/mol. The fourth-order valence-electron chi connectivity index (χ4n) is 2.81. The molecule has 0 unspecified atom stereocenters. The van der Waals surface area contributed by atoms with Gasteiger partial charge in [0, 0.05) is 31.9 Å². The van der Waals surface area contributed by atoms with Gasteiger partial charge >= 0.3 is 0 Å². The first-order chi connectivity index (χ1) is 13.7. The van der Waals surface area contributed by atoms with Gasteiger partial charge in [0.15, 0.2) is 0 Å². The number of amides is 1. The molecule has 0 spiro atoms. The topological polar surface area (TPSA) is 65.4 Å². The number of hydrogen-bond donors (Lipinski definition) is 1. The van der Waals surface area contributed by atoms with Crippen molar-refractivity contribution in [3.05, 3.63) is 78.4 Å². The highest BCUT2D eigenvalue weighted by Crippen LogP contribution is 2.17. The molecule has 28 heavy (non-hydrogen) atoms. The Hall–Kier alpha value is -3.28. The Kier molecular flexibility index (Phi) is 7.07. The Morgan fingerprint density at radius 1 is 1.11 bits per heavy atom. The number of carbonyl (C=O) groups is 1. The van der Waals surface area contributed by atoms with E-state index in [4.69, 9.17) is 9.47 Å². The van der Waals surface area contributed by atoms with Gasteiger partial charge in [-0.1, -0.05) is 24.3 Å². The van der Waals surface area contributed by atoms with E-state index in [2.05, 4.69) is 22.4 Å². The smallest absolute Gasteiger partial charge is 0.220 e. The number of hydrogen-bond acceptors (Lipinski definition) is 4. The minimum absolute atomic E-state index is 0.0262. The van der Waals surface area contributed by atoms with Crippen LogP contribution in [0.4, 0.5) is 0 Å². The molecule has 6 heteroatoms. The van der Waals surface area contributed by atoms with Gasteiger partial charge in [0.2, 0.25) is 5.91 Å². The predicted octanol–water partition coefficient (Wildman–Crippen LogP) is 3.42. The Balaban J connectivity index is 1.36. The van der Waals surface area contributed by atoms with Crippen LogP contribution in [0.5, 0.6) is 11.5 Å². The highest BCUT2D eigenvalue weighted by molar-refractivity contribution is 5.75. The van der Waals surface area contributed by atoms with Crippen LogP contribution in [0.25, 0.3) is 0 Å². The van der Waals surface area contributed by atoms with Gasteiger partial charge in [-0.2, -0.15) is 0 Å². The van der Waals surface area contributed by atoms with Crippen LogP contribution in [-0.2, 0) is 17.9 Å². The van der Waals surface area contributed by atoms with Crippen molar-refractivity contribution in [2.24, 2.45) is 0 Å². The van der Waals surface area contributed by atoms with E-state index >= 15 is 0 Å². The lowest BCUT2D eigenvalue weighted by atomic mass is 10.1. The zero-order valence-electron chi connectivity index (χ0n) is 16.0. The maximum Gasteiger partial charge on any atom is 0.220 e. The quantitative estimate of drug-likeness (QED) is 0.548. The molecule has 0 aliphatic rings. The maximum atomic E-state index is 12.1. The minimum Gasteiger partial charge on any atom is -0.497 e. The van der Waals surface area contributed by atoms with Crippen LogP contribution in [-0.4, -0.2) is 29.2 Å². The summed E-state index contributed by atoms with van der Waals surface area (Å²) in [5, 5.41) is 2.97. The second-order valence-corrected chi connectivity index (χ2v) is 6.46. The van der Waals surface area contributed by atoms with Crippen molar-refractivity contribution in [2.75, 3.05) is 13.7 Å². The highest BCUT2D eigenvalue weighted by Gasteiger charge is 2.03. The van der Waals surface area contributed by atoms with E-state index in [9.17, 15) is 4.79 Å². The van der Waals surface area contributed by atoms with E-state index in [0.29, 0.717) is 26.0 Å². The summed E-state index contributed by atoms with van der Waals surface area (Å²) >= 11 is 0. The number of aromatic nitrogens is 2. The van der Waals surface area contributed by atoms with Crippen LogP contribution in [0.15, 0.2) is 67.3 Å². The van der Waals surface area contributed by atoms with Crippen LogP contribution < -0.4 is 14.8 Å². The van der Waals surface area contributed by atoms with Crippen molar-refractivity contribution in [2.45, 2.75) is 25.9 Å². The molecule has 3 aromatic rings. The van der Waals surface area contributed by atoms with E-state index in [1.54, 1.807) is 19.6 Å². The second-order valence-electron chi connectivity index (χ2n) is 6.46. The summed E-state index contributed by atoms with van der Waals surface area (Å²) in [6.07, 6.45) is 6.59. The first kappa shape index (κ1) is 19.5. The number of benzene rings is 2. The fourth-order valence-corrected chi connectivity index (χ4v) is 2.81. The van der Waals surface area contributed by atoms with E-state index in [1.165, 1.54) is 5.56 Å². The standard InChI is InChI=1S/C22H25N3O3/c1-27-20-7-9-21(10-8-20)28-13-3-6-22(26)24-15-18-4-2-5-19(14-18)16-25-12-11-23-17-25/h2,4-5,7-12,14,17H,3,6,13,15-16H2,1H3,(H,24,26). The molecule has 6 nitrogen and oxygen atoms in total. The molecule has 0 saturated carbocycles. The van der Waals surface area contributed by atoms with Gasteiger partial charge in [0.25, 0.3) is 0 Å². The molecule has 1 aromatic heterocycles. The zero-order chi connectivity index (χ0) is 19.6. The molecule has 0 aliphatic heterocycles. The average Bonchev–Trinajstić information content (AvgIpc) is 3.23. The van der Waals surface area contributed by atoms with Gasteiger partial charge in [-0.05, 0) is 41.8 Å². The molecule has 1 N–H and O–H groups in total. The zero-order valence-corrected chi connectivity index (χ0v) is 16.0. The largest absolute Gasteiger partial charge is 0.497 e. The minimum atomic E-state index is 0.0262. The predicted molar refractivity (Wildman–Crippen MR) is 107 cm³/mol. The Bertz CT molecular complexity index is 861. The number of imidazole rings is 1. The third kappa shape index (κ3) is 6.16. The number of nitrogens with zero attached hydrogens (tertiary/aromatic N) is 2. The number of ether oxygens (including phenoxy) is 2. The molecule has 2 aromatic carbocycles. The summed E-state index contributed by atoms with van der Waals surface area (Å²) in [4.78, 5) is 16.1. The molecule has 3 rings (SSSR count). The van der Waals surface area contributed by atoms with Crippen LogP contribution in [0.1, 0.15) is 24.0 Å². The maximum absolute atomic E-state index is 12.1. The van der Waals surface area contributed by atoms with E-state index in [1.807, 2.05) is 47.2 Å². The van der Waals surface area contributed by atoms with Crippen molar-refractivity contribution < 1.29 is 14.3 Å². The summed E-state index contributed by atoms with van der Waals surface area (Å²) in [7, 11) is 1.63. The fraction of sp³-hybridized carbons (Fsp3) is 0.273. The summed E-state index contributed by atoms with van der Waals surface area (Å²) in [5.41, 5.74) is 2.26. The Morgan fingerprint density at radius 3 is 2.64 bits per heavy atom. The van der Waals surface area contributed by atoms with Crippen molar-refractivity contribution in [1.29, 1.82) is 0 Å². The lowest BCUT2D eigenvalue weighted by Gasteiger charge is -2.09. The molecular weight excluding hydrogens is 354 g/mol. The molecule has 1 amide bonds. The number of nitrogens with one attached hydrogen (secondary N) is 1. The first-order valence-corrected chi connectivity index (χ1v) is 9.30. The first-order valence-electron chi connectivity index (χ1n) is 9.30. The van der Waals surface area contributed by atoms with Crippen molar-refractivity contribution >= 4 is 5.91 Å². The molecule has 1 heterocycles. The molecule has 0 aliphatic carbocycles. The molecule has 0 bridgehead atoms. The van der Waals surface area contributed by atoms with Gasteiger partial charge in [-0.3, -0.25) is 4.79 Å². The van der Waals surface area contributed by atoms with Crippen LogP contribution in [0, 0.1) is 0 Å². The van der Waals surface area contributed by atoms with Crippen molar-refractivity contribution in [3.8, 4) is 11.5 Å². The third-order valence-corrected chi connectivity index (χ3v) is 4.28. The van der Waals surface area contributed by atoms with Gasteiger partial charge in [-0.25, -0.2) is 4.98 Å². The summed E-state index contributed by atoms with van der Waals surface area (Å²) in [6, 6.07) is 15.6. The molecule has 0 radical (unpaired) electrons. The molecular formula is C22H25N3O3. The van der Waals surface area contributed by atoms with E-state index in [-0.39, 0.29) is 5.91 Å². The van der Waals surface area contributed by atoms with Crippen LogP contribution >= 0.6 is 0 Å². The summed E-state index contributed by atoms with van der Waals surface area (Å²) in [6.45, 7) is 1.79. The van der Waals surface area contributed by atoms with Crippen LogP contribution in [0.3, 0.4) is 0 Å². The molecule has 146 valence electrons. The lowest BCUT2D eigenvalue weighted by molar-refractivity contribution is -0.121. The molecule has 0 saturated heterocycles. The lowest BCUT2D eigenvalue weighted by Crippen LogP contribution is -2.23. The van der Waals surface area contributed by atoms with Crippen molar-refractivity contribution in [1.82, 2.24) is 14.9 Å². The highest BCUT2D eigenvalue weighted by atomic mass is 16.5. The number of carbonyl (C=O) groups excluding carboxylic acids is 1. The van der Waals surface area contributed by atoms with Gasteiger partial charge in [0.05, 0.1) is 20.0 Å². The van der Waals surface area contributed by atoms with Crippen LogP contribution in [0.2, 0.25) is 0 Å². The second kappa shape index (κ2) is 10.2. The number of methoxy groups -OCH3 is 1. The van der Waals surface area contributed by atoms with Crippen molar-refractivity contribution in [3.63, 3.8) is 0 Å². The summed E-state index contributed by atoms with van der Waals surface area (Å²) in [5.74, 6) is 1.59. The SMILES string of the molecule is COc1ccc(OCCCC(=O)NCc2cccc(Cn3ccnc3)c2)cc1. The Morgan fingerprint density at radius 2 is 1.89 bits per heavy atom. The van der Waals surface area contributed by atoms with E-state index < -0.39 is 0 Å². The Labute approximate surface area is 165 Å². The number of rotatable bonds is 10. The van der Waals surface area contributed by atoms with Gasteiger partial charge in [0.1, 0.15) is 11.5 Å². The molecule has 0 fully saturated rings. The van der Waals surface area contributed by atoms with Gasteiger partial charge in [-0.15, -0.1) is 0 Å². The normalized spacial score (nSPS) is 10.5.